The number of aryl methyl sites for hydroxylation is 2. The van der Waals surface area contributed by atoms with Crippen molar-refractivity contribution < 1.29 is 0 Å². The number of rotatable bonds is 4. The third-order valence-corrected chi connectivity index (χ3v) is 7.90. The second kappa shape index (κ2) is 8.24. The van der Waals surface area contributed by atoms with Gasteiger partial charge in [0.2, 0.25) is 0 Å². The zero-order chi connectivity index (χ0) is 21.5. The molecule has 4 aromatic rings. The number of fused-ring (bicyclic) bond motifs is 4. The molecule has 3 aromatic heterocycles. The number of benzene rings is 1. The van der Waals surface area contributed by atoms with Crippen molar-refractivity contribution in [3.63, 3.8) is 0 Å². The monoisotopic (exact) mass is 451 g/mol. The highest BCUT2D eigenvalue weighted by Crippen LogP contribution is 2.37. The van der Waals surface area contributed by atoms with Gasteiger partial charge >= 0.3 is 0 Å². The van der Waals surface area contributed by atoms with E-state index < -0.39 is 0 Å². The number of hydrogen-bond acceptors (Lipinski definition) is 7. The van der Waals surface area contributed by atoms with E-state index >= 15 is 0 Å². The Morgan fingerprint density at radius 1 is 1.13 bits per heavy atom. The Hall–Kier alpha value is -2.45. The van der Waals surface area contributed by atoms with Crippen LogP contribution in [0.5, 0.6) is 0 Å². The summed E-state index contributed by atoms with van der Waals surface area (Å²) in [4.78, 5) is 29.7. The summed E-state index contributed by atoms with van der Waals surface area (Å²) >= 11 is 3.25. The Bertz CT molecular complexity index is 1340. The molecule has 0 fully saturated rings. The second-order valence-electron chi connectivity index (χ2n) is 8.24. The van der Waals surface area contributed by atoms with E-state index in [1.807, 2.05) is 38.1 Å². The summed E-state index contributed by atoms with van der Waals surface area (Å²) in [5.41, 5.74) is 8.46. The van der Waals surface area contributed by atoms with Gasteiger partial charge in [-0.3, -0.25) is 9.36 Å². The molecule has 1 aliphatic carbocycles. The number of thiophene rings is 1. The first kappa shape index (κ1) is 20.5. The lowest BCUT2D eigenvalue weighted by atomic mass is 10.1. The molecule has 0 radical (unpaired) electrons. The fraction of sp³-hybridized carbons (Fsp3) is 0.391. The second-order valence-corrected chi connectivity index (χ2v) is 10.3. The van der Waals surface area contributed by atoms with Gasteiger partial charge in [0.1, 0.15) is 16.5 Å². The first-order valence-corrected chi connectivity index (χ1v) is 12.5. The van der Waals surface area contributed by atoms with E-state index in [2.05, 4.69) is 4.98 Å². The van der Waals surface area contributed by atoms with Crippen molar-refractivity contribution in [3.05, 3.63) is 50.9 Å². The lowest BCUT2D eigenvalue weighted by Gasteiger charge is -2.16. The number of aromatic nitrogens is 4. The smallest absolute Gasteiger partial charge is 0.262 e. The Kier molecular flexibility index (Phi) is 5.44. The van der Waals surface area contributed by atoms with E-state index in [1.54, 1.807) is 15.9 Å². The van der Waals surface area contributed by atoms with Crippen LogP contribution >= 0.6 is 23.1 Å². The first-order valence-electron chi connectivity index (χ1n) is 10.7. The van der Waals surface area contributed by atoms with Crippen LogP contribution in [0.15, 0.2) is 34.2 Å². The summed E-state index contributed by atoms with van der Waals surface area (Å²) in [6, 6.07) is 7.49. The van der Waals surface area contributed by atoms with Crippen molar-refractivity contribution in [2.45, 2.75) is 62.9 Å². The largest absolute Gasteiger partial charge is 0.383 e. The fourth-order valence-electron chi connectivity index (χ4n) is 4.28. The number of thioether (sulfide) groups is 1. The quantitative estimate of drug-likeness (QED) is 0.263. The topological polar surface area (TPSA) is 86.7 Å². The molecule has 0 bridgehead atoms. The minimum atomic E-state index is -0.0130. The average Bonchev–Trinajstić information content (AvgIpc) is 2.94. The van der Waals surface area contributed by atoms with Crippen LogP contribution in [0.1, 0.15) is 55.4 Å². The molecule has 1 aliphatic rings. The van der Waals surface area contributed by atoms with E-state index in [9.17, 15) is 4.79 Å². The molecule has 0 aliphatic heterocycles. The Balaban J connectivity index is 1.51. The highest BCUT2D eigenvalue weighted by atomic mass is 32.2. The van der Waals surface area contributed by atoms with Gasteiger partial charge < -0.3 is 5.73 Å². The maximum absolute atomic E-state index is 13.0. The van der Waals surface area contributed by atoms with Crippen LogP contribution < -0.4 is 11.3 Å². The number of nitrogens with two attached hydrogens (primary N) is 1. The molecule has 0 saturated heterocycles. The Morgan fingerprint density at radius 2 is 1.94 bits per heavy atom. The van der Waals surface area contributed by atoms with Gasteiger partial charge in [0.25, 0.3) is 5.56 Å². The van der Waals surface area contributed by atoms with E-state index in [-0.39, 0.29) is 11.6 Å². The standard InChI is InChI=1S/C23H25N5OS2/c1-13(2)28-22(29)14-8-6-7-10-16(14)25-23(28)30-12-18-26-20(24)19-15-9-4-3-5-11-17(15)31-21(19)27-18/h6-8,10,13H,3-5,9,11-12H2,1-2H3,(H2,24,26,27). The number of para-hydroxylation sites is 1. The third-order valence-electron chi connectivity index (χ3n) is 5.76. The van der Waals surface area contributed by atoms with Crippen molar-refractivity contribution in [1.82, 2.24) is 19.5 Å². The normalized spacial score (nSPS) is 14.3. The van der Waals surface area contributed by atoms with Crippen molar-refractivity contribution in [3.8, 4) is 0 Å². The van der Waals surface area contributed by atoms with Crippen molar-refractivity contribution in [2.24, 2.45) is 0 Å². The Morgan fingerprint density at radius 3 is 2.77 bits per heavy atom. The van der Waals surface area contributed by atoms with Gasteiger partial charge in [-0.15, -0.1) is 11.3 Å². The summed E-state index contributed by atoms with van der Waals surface area (Å²) in [6.07, 6.45) is 5.89. The van der Waals surface area contributed by atoms with Crippen molar-refractivity contribution >= 4 is 50.0 Å². The molecule has 8 heteroatoms. The van der Waals surface area contributed by atoms with Gasteiger partial charge in [-0.1, -0.05) is 30.3 Å². The van der Waals surface area contributed by atoms with Gasteiger partial charge in [-0.2, -0.15) is 0 Å². The first-order chi connectivity index (χ1) is 15.0. The molecule has 3 heterocycles. The van der Waals surface area contributed by atoms with E-state index in [0.29, 0.717) is 33.5 Å². The van der Waals surface area contributed by atoms with Crippen LogP contribution in [0.25, 0.3) is 21.1 Å². The zero-order valence-electron chi connectivity index (χ0n) is 17.7. The van der Waals surface area contributed by atoms with Crippen molar-refractivity contribution in [1.29, 1.82) is 0 Å². The highest BCUT2D eigenvalue weighted by Gasteiger charge is 2.20. The maximum atomic E-state index is 13.0. The van der Waals surface area contributed by atoms with Gasteiger partial charge in [-0.05, 0) is 57.2 Å². The lowest BCUT2D eigenvalue weighted by molar-refractivity contribution is 0.519. The van der Waals surface area contributed by atoms with Crippen LogP contribution in [-0.2, 0) is 18.6 Å². The minimum absolute atomic E-state index is 0.00790. The molecule has 0 amide bonds. The molecule has 160 valence electrons. The number of nitrogens with zero attached hydrogens (tertiary/aromatic N) is 4. The molecular weight excluding hydrogens is 426 g/mol. The van der Waals surface area contributed by atoms with E-state index in [0.717, 1.165) is 23.1 Å². The zero-order valence-corrected chi connectivity index (χ0v) is 19.4. The average molecular weight is 452 g/mol. The number of hydrogen-bond donors (Lipinski definition) is 1. The van der Waals surface area contributed by atoms with Crippen LogP contribution in [0.4, 0.5) is 5.82 Å². The number of anilines is 1. The molecule has 5 rings (SSSR count). The minimum Gasteiger partial charge on any atom is -0.383 e. The third kappa shape index (κ3) is 3.72. The van der Waals surface area contributed by atoms with Crippen LogP contribution in [0.3, 0.4) is 0 Å². The molecule has 0 spiro atoms. The van der Waals surface area contributed by atoms with E-state index in [4.69, 9.17) is 15.7 Å². The fourth-order valence-corrected chi connectivity index (χ4v) is 6.56. The molecule has 0 atom stereocenters. The SMILES string of the molecule is CC(C)n1c(SCc2nc(N)c3c4c(sc3n2)CCCCC4)nc2ccccc2c1=O. The predicted octanol–water partition coefficient (Wildman–Crippen LogP) is 5.13. The molecule has 0 unspecified atom stereocenters. The number of nitrogen functional groups attached to an aromatic ring is 1. The summed E-state index contributed by atoms with van der Waals surface area (Å²) < 4.78 is 1.75. The molecule has 31 heavy (non-hydrogen) atoms. The Labute approximate surface area is 188 Å². The highest BCUT2D eigenvalue weighted by molar-refractivity contribution is 7.98. The van der Waals surface area contributed by atoms with E-state index in [1.165, 1.54) is 41.5 Å². The summed E-state index contributed by atoms with van der Waals surface area (Å²) in [5, 5.41) is 2.38. The molecular formula is C23H25N5OS2. The van der Waals surface area contributed by atoms with Gasteiger partial charge in [0.15, 0.2) is 5.16 Å². The van der Waals surface area contributed by atoms with Gasteiger partial charge in [0, 0.05) is 10.9 Å². The summed E-state index contributed by atoms with van der Waals surface area (Å²) in [5.74, 6) is 1.78. The molecule has 2 N–H and O–H groups in total. The molecule has 0 saturated carbocycles. The summed E-state index contributed by atoms with van der Waals surface area (Å²) in [7, 11) is 0. The molecule has 6 nitrogen and oxygen atoms in total. The van der Waals surface area contributed by atoms with Gasteiger partial charge in [-0.25, -0.2) is 15.0 Å². The maximum Gasteiger partial charge on any atom is 0.262 e. The molecule has 1 aromatic carbocycles. The van der Waals surface area contributed by atoms with Crippen LogP contribution in [0, 0.1) is 0 Å². The van der Waals surface area contributed by atoms with Crippen LogP contribution in [-0.4, -0.2) is 19.5 Å². The lowest BCUT2D eigenvalue weighted by Crippen LogP contribution is -2.25. The van der Waals surface area contributed by atoms with Gasteiger partial charge in [0.05, 0.1) is 22.0 Å². The summed E-state index contributed by atoms with van der Waals surface area (Å²) in [6.45, 7) is 4.00. The van der Waals surface area contributed by atoms with Crippen LogP contribution in [0.2, 0.25) is 0 Å². The predicted molar refractivity (Wildman–Crippen MR) is 129 cm³/mol. The van der Waals surface area contributed by atoms with Crippen molar-refractivity contribution in [2.75, 3.05) is 5.73 Å².